The van der Waals surface area contributed by atoms with Crippen molar-refractivity contribution in [3.63, 3.8) is 0 Å². The molecule has 4 amide bonds. The van der Waals surface area contributed by atoms with Crippen molar-refractivity contribution in [3.8, 4) is 68.3 Å². The van der Waals surface area contributed by atoms with Gasteiger partial charge < -0.3 is 67.2 Å². The lowest BCUT2D eigenvalue weighted by atomic mass is 9.97. The van der Waals surface area contributed by atoms with E-state index in [1.807, 2.05) is 190 Å². The number of amides is 4. The van der Waals surface area contributed by atoms with Crippen molar-refractivity contribution in [3.05, 3.63) is 199 Å². The first-order chi connectivity index (χ1) is 48.6. The molecule has 23 heteroatoms. The SMILES string of the molecule is CC(=O)c1oc(C2CCN(C(=O)OC(C)(C)C)CC2)nc1-c1ccc(Oc2ccccc2)cc1.CC(C)(C)OC(=O)N1CCC(c2nc(-c3ccc(Oc4ccccc4)cc3)c(C(=O)O)o2)CC1.CC(C)(C)OC(=O)N1CCC(c2nc(-c3ccc(Oc4ccccc4)cc3)c(C(N)=O)o2)CC1. The topological polar surface area (TPSA) is 292 Å². The van der Waals surface area contributed by atoms with Gasteiger partial charge in [0.1, 0.15) is 68.4 Å². The number of carboxylic acids is 1. The number of aromatic carboxylic acids is 1. The van der Waals surface area contributed by atoms with E-state index in [2.05, 4.69) is 9.97 Å². The van der Waals surface area contributed by atoms with Gasteiger partial charge in [-0.1, -0.05) is 54.6 Å². The molecule has 534 valence electrons. The third-order valence-electron chi connectivity index (χ3n) is 16.5. The Morgan fingerprint density at radius 1 is 0.382 bits per heavy atom. The molecule has 102 heavy (non-hydrogen) atoms. The molecule has 3 aromatic heterocycles. The molecule has 0 spiro atoms. The molecule has 9 aromatic rings. The van der Waals surface area contributed by atoms with Crippen LogP contribution in [0.2, 0.25) is 0 Å². The predicted molar refractivity (Wildman–Crippen MR) is 380 cm³/mol. The van der Waals surface area contributed by atoms with Crippen LogP contribution in [0.1, 0.15) is 175 Å². The van der Waals surface area contributed by atoms with Gasteiger partial charge in [0.05, 0.1) is 0 Å². The van der Waals surface area contributed by atoms with Gasteiger partial charge in [-0.25, -0.2) is 34.1 Å². The van der Waals surface area contributed by atoms with Crippen LogP contribution in [0.3, 0.4) is 0 Å². The van der Waals surface area contributed by atoms with Gasteiger partial charge in [0.15, 0.2) is 29.2 Å². The Bertz CT molecular complexity index is 3860. The number of nitrogens with two attached hydrogens (primary N) is 1. The number of aromatic nitrogens is 3. The van der Waals surface area contributed by atoms with Gasteiger partial charge in [-0.3, -0.25) is 9.59 Å². The second-order valence-electron chi connectivity index (χ2n) is 28.0. The average molecular weight is 1390 g/mol. The van der Waals surface area contributed by atoms with E-state index in [0.717, 1.165) is 17.1 Å². The predicted octanol–water partition coefficient (Wildman–Crippen LogP) is 17.7. The monoisotopic (exact) mass is 1390 g/mol. The molecule has 23 nitrogen and oxygen atoms in total. The highest BCUT2D eigenvalue weighted by molar-refractivity contribution is 5.97. The highest BCUT2D eigenvalue weighted by Crippen LogP contribution is 2.39. The molecule has 0 unspecified atom stereocenters. The van der Waals surface area contributed by atoms with Gasteiger partial charge >= 0.3 is 24.2 Å². The van der Waals surface area contributed by atoms with E-state index in [9.17, 15) is 33.9 Å². The summed E-state index contributed by atoms with van der Waals surface area (Å²) in [4.78, 5) is 92.1. The maximum absolute atomic E-state index is 12.3. The smallest absolute Gasteiger partial charge is 0.410 e. The summed E-state index contributed by atoms with van der Waals surface area (Å²) in [6.07, 6.45) is 2.95. The summed E-state index contributed by atoms with van der Waals surface area (Å²) in [6, 6.07) is 50.1. The van der Waals surface area contributed by atoms with Crippen molar-refractivity contribution in [2.24, 2.45) is 5.73 Å². The Hall–Kier alpha value is -11.2. The van der Waals surface area contributed by atoms with E-state index in [1.165, 1.54) is 6.92 Å². The molecule has 3 aliphatic heterocycles. The first kappa shape index (κ1) is 73.5. The lowest BCUT2D eigenvalue weighted by Crippen LogP contribution is -2.41. The van der Waals surface area contributed by atoms with Crippen LogP contribution in [0, 0.1) is 0 Å². The first-order valence-electron chi connectivity index (χ1n) is 34.1. The lowest BCUT2D eigenvalue weighted by molar-refractivity contribution is 0.0189. The Labute approximate surface area is 592 Å². The molecule has 0 radical (unpaired) electrons. The molecule has 0 atom stereocenters. The van der Waals surface area contributed by atoms with Gasteiger partial charge in [-0.2, -0.15) is 0 Å². The minimum absolute atomic E-state index is 0.0220. The number of likely N-dealkylation sites (tertiary alicyclic amines) is 3. The normalized spacial score (nSPS) is 14.6. The molecule has 0 saturated carbocycles. The maximum Gasteiger partial charge on any atom is 0.410 e. The van der Waals surface area contributed by atoms with Crippen LogP contribution in [0.5, 0.6) is 34.5 Å². The number of benzene rings is 6. The minimum Gasteiger partial charge on any atom is -0.475 e. The van der Waals surface area contributed by atoms with Crippen LogP contribution in [0.15, 0.2) is 177 Å². The summed E-state index contributed by atoms with van der Waals surface area (Å²) in [5.41, 5.74) is 7.30. The van der Waals surface area contributed by atoms with Gasteiger partial charge in [-0.15, -0.1) is 0 Å². The molecule has 12 rings (SSSR count). The molecule has 3 aliphatic rings. The molecule has 6 aromatic carbocycles. The van der Waals surface area contributed by atoms with Crippen LogP contribution < -0.4 is 19.9 Å². The molecule has 3 fully saturated rings. The maximum atomic E-state index is 12.3. The van der Waals surface area contributed by atoms with Gasteiger partial charge in [-0.05, 0) is 210 Å². The number of hydrogen-bond donors (Lipinski definition) is 2. The summed E-state index contributed by atoms with van der Waals surface area (Å²) < 4.78 is 51.3. The fourth-order valence-corrected chi connectivity index (χ4v) is 11.5. The lowest BCUT2D eigenvalue weighted by Gasteiger charge is -2.32. The third kappa shape index (κ3) is 20.2. The van der Waals surface area contributed by atoms with Crippen molar-refractivity contribution < 1.29 is 75.5 Å². The molecule has 3 N–H and O–H groups in total. The van der Waals surface area contributed by atoms with E-state index < -0.39 is 28.7 Å². The zero-order valence-electron chi connectivity index (χ0n) is 59.1. The number of piperidine rings is 3. The zero-order valence-corrected chi connectivity index (χ0v) is 59.1. The van der Waals surface area contributed by atoms with Gasteiger partial charge in [0.2, 0.25) is 11.5 Å². The van der Waals surface area contributed by atoms with Crippen LogP contribution in [-0.2, 0) is 14.2 Å². The number of nitrogens with zero attached hydrogens (tertiary/aromatic N) is 6. The van der Waals surface area contributed by atoms with Gasteiger partial charge in [0.25, 0.3) is 5.91 Å². The van der Waals surface area contributed by atoms with E-state index in [-0.39, 0.29) is 64.8 Å². The number of rotatable bonds is 15. The number of para-hydroxylation sites is 3. The standard InChI is InChI=1S/C27H30N2O5.C26H29N3O5.C26H28N2O6/c1-18(30)24-23(19-10-12-22(13-11-19)32-21-8-6-5-7-9-21)28-25(33-24)20-14-16-29(17-15-20)26(31)34-27(2,3)4;1-26(2,3)34-25(31)29-15-13-18(14-16-29)24-28-21(22(33-24)23(27)30)17-9-11-20(12-10-17)32-19-7-5-4-6-8-19;1-26(2,3)34-25(31)28-15-13-18(14-16-28)23-27-21(22(33-23)24(29)30)17-9-11-20(12-10-17)32-19-7-5-4-6-8-19/h5-13,20H,14-17H2,1-4H3;4-12,18H,13-16H2,1-3H3,(H2,27,30);4-12,18H,13-16H2,1-3H3,(H,29,30). The number of ether oxygens (including phenoxy) is 6. The Morgan fingerprint density at radius 2 is 0.627 bits per heavy atom. The van der Waals surface area contributed by atoms with Crippen molar-refractivity contribution in [2.45, 2.75) is 142 Å². The molecular formula is C79H87N7O16. The highest BCUT2D eigenvalue weighted by Gasteiger charge is 2.35. The van der Waals surface area contributed by atoms with E-state index in [0.29, 0.717) is 141 Å². The fraction of sp³-hybridized carbons (Fsp3) is 0.354. The molecule has 0 aliphatic carbocycles. The number of hydrogen-bond acceptors (Lipinski definition) is 18. The largest absolute Gasteiger partial charge is 0.475 e. The summed E-state index contributed by atoms with van der Waals surface area (Å²) in [5.74, 6) is 3.54. The van der Waals surface area contributed by atoms with E-state index >= 15 is 0 Å². The molecule has 6 heterocycles. The second-order valence-corrected chi connectivity index (χ2v) is 28.0. The van der Waals surface area contributed by atoms with Crippen LogP contribution in [0.4, 0.5) is 14.4 Å². The van der Waals surface area contributed by atoms with Crippen molar-refractivity contribution in [1.29, 1.82) is 0 Å². The molecule has 0 bridgehead atoms. The summed E-state index contributed by atoms with van der Waals surface area (Å²) in [6.45, 7) is 21.2. The zero-order chi connectivity index (χ0) is 72.9. The molecular weight excluding hydrogens is 1300 g/mol. The van der Waals surface area contributed by atoms with Gasteiger partial charge in [0, 0.05) is 80.6 Å². The number of primary amides is 1. The Balaban J connectivity index is 0.000000165. The first-order valence-corrected chi connectivity index (χ1v) is 34.1. The number of carboxylic acid groups (broad SMARTS) is 1. The number of carbonyl (C=O) groups excluding carboxylic acids is 5. The third-order valence-corrected chi connectivity index (χ3v) is 16.5. The fourth-order valence-electron chi connectivity index (χ4n) is 11.5. The highest BCUT2D eigenvalue weighted by atomic mass is 16.6. The molecule has 3 saturated heterocycles. The van der Waals surface area contributed by atoms with E-state index in [1.54, 1.807) is 51.1 Å². The van der Waals surface area contributed by atoms with Crippen molar-refractivity contribution in [2.75, 3.05) is 39.3 Å². The summed E-state index contributed by atoms with van der Waals surface area (Å²) >= 11 is 0. The Kier molecular flexibility index (Phi) is 23.3. The van der Waals surface area contributed by atoms with Crippen molar-refractivity contribution >= 4 is 35.9 Å². The average Bonchev–Trinajstić information content (AvgIpc) is 1.66. The number of carbonyl (C=O) groups is 6. The second kappa shape index (κ2) is 32.4. The van der Waals surface area contributed by atoms with Crippen LogP contribution in [0.25, 0.3) is 33.8 Å². The number of oxazole rings is 3. The number of ketones is 1. The summed E-state index contributed by atoms with van der Waals surface area (Å²) in [7, 11) is 0. The van der Waals surface area contributed by atoms with E-state index in [4.69, 9.17) is 52.4 Å². The van der Waals surface area contributed by atoms with Crippen LogP contribution >= 0.6 is 0 Å². The minimum atomic E-state index is -1.18. The Morgan fingerprint density at radius 3 is 0.882 bits per heavy atom. The van der Waals surface area contributed by atoms with Crippen LogP contribution in [-0.4, -0.2) is 127 Å². The number of Topliss-reactive ketones (excluding diaryl/α,β-unsaturated/α-hetero) is 1. The van der Waals surface area contributed by atoms with Crippen molar-refractivity contribution in [1.82, 2.24) is 29.7 Å². The quantitative estimate of drug-likeness (QED) is 0.0712. The summed E-state index contributed by atoms with van der Waals surface area (Å²) in [5, 5.41) is 9.68.